The van der Waals surface area contributed by atoms with Crippen molar-refractivity contribution in [1.82, 2.24) is 10.2 Å². The molecule has 0 saturated carbocycles. The summed E-state index contributed by atoms with van der Waals surface area (Å²) < 4.78 is 0.721. The van der Waals surface area contributed by atoms with Crippen LogP contribution < -0.4 is 5.32 Å². The maximum Gasteiger partial charge on any atom is 0.204 e. The molecule has 0 aliphatic carbocycles. The smallest absolute Gasteiger partial charge is 0.204 e. The Morgan fingerprint density at radius 2 is 2.23 bits per heavy atom. The highest BCUT2D eigenvalue weighted by molar-refractivity contribution is 7.73. The molecule has 0 amide bonds. The SMILES string of the molecule is CC(C)(C)CCNc1n[nH]c(=S)s1. The number of aromatic nitrogens is 2. The first-order valence-electron chi connectivity index (χ1n) is 4.27. The zero-order valence-electron chi connectivity index (χ0n) is 8.18. The average Bonchev–Trinajstić information content (AvgIpc) is 2.33. The lowest BCUT2D eigenvalue weighted by molar-refractivity contribution is 0.389. The molecule has 74 valence electrons. The lowest BCUT2D eigenvalue weighted by Gasteiger charge is -2.17. The molecule has 0 aliphatic heterocycles. The maximum atomic E-state index is 4.92. The minimum absolute atomic E-state index is 0.366. The van der Waals surface area contributed by atoms with Gasteiger partial charge in [0.05, 0.1) is 0 Å². The highest BCUT2D eigenvalue weighted by Gasteiger charge is 2.09. The molecule has 0 unspecified atom stereocenters. The van der Waals surface area contributed by atoms with Gasteiger partial charge >= 0.3 is 0 Å². The zero-order chi connectivity index (χ0) is 9.90. The molecule has 0 bridgehead atoms. The van der Waals surface area contributed by atoms with Crippen molar-refractivity contribution in [2.24, 2.45) is 5.41 Å². The first kappa shape index (κ1) is 10.7. The molecule has 2 N–H and O–H groups in total. The molecule has 5 heteroatoms. The number of rotatable bonds is 3. The third-order valence-electron chi connectivity index (χ3n) is 1.59. The van der Waals surface area contributed by atoms with Gasteiger partial charge in [-0.2, -0.15) is 0 Å². The van der Waals surface area contributed by atoms with Crippen LogP contribution in [-0.4, -0.2) is 16.7 Å². The highest BCUT2D eigenvalue weighted by atomic mass is 32.1. The van der Waals surface area contributed by atoms with E-state index < -0.39 is 0 Å². The van der Waals surface area contributed by atoms with E-state index in [1.807, 2.05) is 0 Å². The fourth-order valence-electron chi connectivity index (χ4n) is 0.850. The van der Waals surface area contributed by atoms with Crippen molar-refractivity contribution in [3.63, 3.8) is 0 Å². The Morgan fingerprint density at radius 3 is 2.69 bits per heavy atom. The van der Waals surface area contributed by atoms with Gasteiger partial charge in [-0.25, -0.2) is 0 Å². The lowest BCUT2D eigenvalue weighted by atomic mass is 9.92. The van der Waals surface area contributed by atoms with Crippen LogP contribution in [0.4, 0.5) is 5.13 Å². The topological polar surface area (TPSA) is 40.7 Å². The maximum absolute atomic E-state index is 4.92. The van der Waals surface area contributed by atoms with E-state index in [1.165, 1.54) is 11.3 Å². The standard InChI is InChI=1S/C8H15N3S2/c1-8(2,3)4-5-9-6-10-11-7(12)13-6/h4-5H2,1-3H3,(H,9,10)(H,11,12). The number of aromatic amines is 1. The predicted octanol–water partition coefficient (Wildman–Crippen LogP) is 3.05. The van der Waals surface area contributed by atoms with Crippen LogP contribution in [0.1, 0.15) is 27.2 Å². The van der Waals surface area contributed by atoms with Gasteiger partial charge in [-0.05, 0) is 24.1 Å². The molecular weight excluding hydrogens is 202 g/mol. The molecule has 0 radical (unpaired) electrons. The number of hydrogen-bond donors (Lipinski definition) is 2. The van der Waals surface area contributed by atoms with Crippen LogP contribution in [0.25, 0.3) is 0 Å². The van der Waals surface area contributed by atoms with Crippen molar-refractivity contribution >= 4 is 28.7 Å². The van der Waals surface area contributed by atoms with Gasteiger partial charge in [0.2, 0.25) is 5.13 Å². The van der Waals surface area contributed by atoms with Crippen molar-refractivity contribution < 1.29 is 0 Å². The first-order chi connectivity index (χ1) is 5.97. The van der Waals surface area contributed by atoms with Gasteiger partial charge in [0.25, 0.3) is 0 Å². The Balaban J connectivity index is 2.32. The van der Waals surface area contributed by atoms with Crippen LogP contribution in [0.3, 0.4) is 0 Å². The highest BCUT2D eigenvalue weighted by Crippen LogP contribution is 2.19. The number of nitrogens with zero attached hydrogens (tertiary/aromatic N) is 1. The van der Waals surface area contributed by atoms with Crippen molar-refractivity contribution in [3.8, 4) is 0 Å². The quantitative estimate of drug-likeness (QED) is 0.765. The Kier molecular flexibility index (Phi) is 3.44. The third kappa shape index (κ3) is 4.38. The molecule has 13 heavy (non-hydrogen) atoms. The molecule has 3 nitrogen and oxygen atoms in total. The van der Waals surface area contributed by atoms with E-state index in [-0.39, 0.29) is 0 Å². The van der Waals surface area contributed by atoms with Crippen molar-refractivity contribution in [3.05, 3.63) is 3.95 Å². The number of hydrogen-bond acceptors (Lipinski definition) is 4. The molecule has 0 aliphatic rings. The Labute approximate surface area is 87.6 Å². The van der Waals surface area contributed by atoms with Gasteiger partial charge < -0.3 is 5.32 Å². The molecule has 0 atom stereocenters. The van der Waals surface area contributed by atoms with E-state index >= 15 is 0 Å². The Hall–Kier alpha value is -0.420. The summed E-state index contributed by atoms with van der Waals surface area (Å²) in [4.78, 5) is 0. The fourth-order valence-corrected chi connectivity index (χ4v) is 1.66. The summed E-state index contributed by atoms with van der Waals surface area (Å²) >= 11 is 6.39. The number of anilines is 1. The van der Waals surface area contributed by atoms with Crippen LogP contribution in [0.5, 0.6) is 0 Å². The molecule has 1 rings (SSSR count). The summed E-state index contributed by atoms with van der Waals surface area (Å²) in [6.45, 7) is 7.61. The summed E-state index contributed by atoms with van der Waals surface area (Å²) in [6.07, 6.45) is 1.12. The Morgan fingerprint density at radius 1 is 1.54 bits per heavy atom. The second kappa shape index (κ2) is 4.19. The van der Waals surface area contributed by atoms with Gasteiger partial charge in [0, 0.05) is 6.54 Å². The molecule has 0 fully saturated rings. The Bertz CT molecular complexity index is 308. The first-order valence-corrected chi connectivity index (χ1v) is 5.49. The normalized spacial score (nSPS) is 11.6. The molecule has 1 heterocycles. The van der Waals surface area contributed by atoms with E-state index in [9.17, 15) is 0 Å². The van der Waals surface area contributed by atoms with Crippen LogP contribution in [0, 0.1) is 9.37 Å². The summed E-state index contributed by atoms with van der Waals surface area (Å²) in [7, 11) is 0. The zero-order valence-corrected chi connectivity index (χ0v) is 9.81. The lowest BCUT2D eigenvalue weighted by Crippen LogP contribution is -2.12. The molecular formula is C8H15N3S2. The second-order valence-corrected chi connectivity index (χ2v) is 5.82. The summed E-state index contributed by atoms with van der Waals surface area (Å²) in [5, 5.41) is 10.9. The van der Waals surface area contributed by atoms with Crippen molar-refractivity contribution in [2.75, 3.05) is 11.9 Å². The predicted molar refractivity (Wildman–Crippen MR) is 59.9 cm³/mol. The van der Waals surface area contributed by atoms with Gasteiger partial charge in [-0.3, -0.25) is 5.10 Å². The molecule has 0 aromatic carbocycles. The molecule has 0 saturated heterocycles. The number of H-pyrrole nitrogens is 1. The van der Waals surface area contributed by atoms with Gasteiger partial charge in [-0.1, -0.05) is 32.1 Å². The fraction of sp³-hybridized carbons (Fsp3) is 0.750. The summed E-state index contributed by atoms with van der Waals surface area (Å²) in [5.41, 5.74) is 0.366. The van der Waals surface area contributed by atoms with Gasteiger partial charge in [0.15, 0.2) is 3.95 Å². The molecule has 0 spiro atoms. The minimum Gasteiger partial charge on any atom is -0.360 e. The molecule has 1 aromatic rings. The van der Waals surface area contributed by atoms with E-state index in [0.717, 1.165) is 22.1 Å². The second-order valence-electron chi connectivity index (χ2n) is 4.16. The van der Waals surface area contributed by atoms with E-state index in [0.29, 0.717) is 5.41 Å². The van der Waals surface area contributed by atoms with Crippen LogP contribution in [-0.2, 0) is 0 Å². The average molecular weight is 217 g/mol. The van der Waals surface area contributed by atoms with Crippen LogP contribution >= 0.6 is 23.6 Å². The van der Waals surface area contributed by atoms with E-state index in [4.69, 9.17) is 12.2 Å². The van der Waals surface area contributed by atoms with Crippen molar-refractivity contribution in [2.45, 2.75) is 27.2 Å². The summed E-state index contributed by atoms with van der Waals surface area (Å²) in [5.74, 6) is 0. The molecule has 1 aromatic heterocycles. The monoisotopic (exact) mass is 217 g/mol. The minimum atomic E-state index is 0.366. The third-order valence-corrected chi connectivity index (χ3v) is 2.64. The van der Waals surface area contributed by atoms with Crippen molar-refractivity contribution in [1.29, 1.82) is 0 Å². The number of nitrogens with one attached hydrogen (secondary N) is 2. The summed E-state index contributed by atoms with van der Waals surface area (Å²) in [6, 6.07) is 0. The van der Waals surface area contributed by atoms with Crippen LogP contribution in [0.15, 0.2) is 0 Å². The van der Waals surface area contributed by atoms with Gasteiger partial charge in [-0.15, -0.1) is 5.10 Å². The van der Waals surface area contributed by atoms with E-state index in [2.05, 4.69) is 36.3 Å². The largest absolute Gasteiger partial charge is 0.360 e. The van der Waals surface area contributed by atoms with E-state index in [1.54, 1.807) is 0 Å². The van der Waals surface area contributed by atoms with Crippen LogP contribution in [0.2, 0.25) is 0 Å². The van der Waals surface area contributed by atoms with Gasteiger partial charge in [0.1, 0.15) is 0 Å².